The van der Waals surface area contributed by atoms with Crippen LogP contribution in [0.5, 0.6) is 11.5 Å². The summed E-state index contributed by atoms with van der Waals surface area (Å²) in [5, 5.41) is 42.1. The van der Waals surface area contributed by atoms with Gasteiger partial charge in [0, 0.05) is 68.2 Å². The smallest absolute Gasteiger partial charge is 0.340 e. The van der Waals surface area contributed by atoms with Crippen molar-refractivity contribution < 1.29 is 53.7 Å². The maximum Gasteiger partial charge on any atom is 0.340 e. The number of non-ortho nitro benzene ring substituents is 2. The molecule has 0 unspecified atom stereocenters. The van der Waals surface area contributed by atoms with E-state index in [4.69, 9.17) is 65.8 Å². The van der Waals surface area contributed by atoms with Crippen LogP contribution in [0.3, 0.4) is 0 Å². The van der Waals surface area contributed by atoms with Crippen LogP contribution in [0.25, 0.3) is 56.7 Å². The van der Waals surface area contributed by atoms with Crippen molar-refractivity contribution in [2.75, 3.05) is 14.2 Å². The number of nitro groups is 2. The Bertz CT molecular complexity index is 2850. The number of hydrogen-bond acceptors (Lipinski definition) is 12. The lowest BCUT2D eigenvalue weighted by atomic mass is 10.0. The number of aromatic nitrogens is 8. The SMILES string of the molecule is COc1cc(-n2nc(-c3ccc(C(N)=S)cc3)n[n+]2-c2ccc([N+](=O)[O-])cc2)ccc1-c1ccc(-n2nc(-c3ccc(C(N)=S)cc3)n[n+]2-c2ccc([N+](=O)[O-])cc2)cc1OC.[Cl-].[Cl-]. The number of methoxy groups -OCH3 is 2. The third-order valence-corrected chi connectivity index (χ3v) is 10.1. The van der Waals surface area contributed by atoms with Crippen molar-refractivity contribution in [2.45, 2.75) is 0 Å². The zero-order chi connectivity index (χ0) is 43.7. The van der Waals surface area contributed by atoms with Crippen LogP contribution in [-0.2, 0) is 0 Å². The van der Waals surface area contributed by atoms with Gasteiger partial charge in [0.1, 0.15) is 32.9 Å². The summed E-state index contributed by atoms with van der Waals surface area (Å²) in [6.07, 6.45) is 0. The first kappa shape index (κ1) is 45.7. The molecule has 0 bridgehead atoms. The number of nitrogens with zero attached hydrogens (tertiary/aromatic N) is 10. The van der Waals surface area contributed by atoms with Crippen LogP contribution in [0.2, 0.25) is 0 Å². The Morgan fingerprint density at radius 2 is 0.906 bits per heavy atom. The molecular formula is C42H32Cl2N12O6S2. The van der Waals surface area contributed by atoms with Gasteiger partial charge in [0.05, 0.1) is 45.4 Å². The van der Waals surface area contributed by atoms with E-state index >= 15 is 0 Å². The molecule has 0 radical (unpaired) electrons. The summed E-state index contributed by atoms with van der Waals surface area (Å²) in [6.45, 7) is 0. The van der Waals surface area contributed by atoms with Gasteiger partial charge in [-0.1, -0.05) is 48.7 Å². The Morgan fingerprint density at radius 3 is 1.20 bits per heavy atom. The predicted molar refractivity (Wildman–Crippen MR) is 234 cm³/mol. The fourth-order valence-corrected chi connectivity index (χ4v) is 6.78. The normalized spacial score (nSPS) is 10.6. The number of tetrazole rings is 2. The van der Waals surface area contributed by atoms with E-state index in [9.17, 15) is 20.2 Å². The van der Waals surface area contributed by atoms with Crippen molar-refractivity contribution >= 4 is 45.8 Å². The lowest BCUT2D eigenvalue weighted by molar-refractivity contribution is -0.734. The van der Waals surface area contributed by atoms with E-state index in [0.29, 0.717) is 79.3 Å². The minimum absolute atomic E-state index is 0. The van der Waals surface area contributed by atoms with Crippen LogP contribution >= 0.6 is 24.4 Å². The zero-order valence-corrected chi connectivity index (χ0v) is 36.5. The van der Waals surface area contributed by atoms with E-state index in [1.165, 1.54) is 33.9 Å². The molecule has 64 heavy (non-hydrogen) atoms. The second-order valence-electron chi connectivity index (χ2n) is 13.4. The van der Waals surface area contributed by atoms with Crippen molar-refractivity contribution in [3.05, 3.63) is 165 Å². The van der Waals surface area contributed by atoms with Gasteiger partial charge in [-0.05, 0) is 92.6 Å². The average molecular weight is 936 g/mol. The number of nitro benzene ring substituents is 2. The van der Waals surface area contributed by atoms with Crippen molar-refractivity contribution in [3.8, 4) is 68.2 Å². The second kappa shape index (κ2) is 19.1. The summed E-state index contributed by atoms with van der Waals surface area (Å²) in [6, 6.07) is 37.1. The summed E-state index contributed by atoms with van der Waals surface area (Å²) in [7, 11) is 3.09. The molecule has 18 nitrogen and oxygen atoms in total. The standard InChI is InChI=1S/C42H30N12O6S2.2ClH/c1-59-37-23-33(51-47-41(27-7-3-25(4-8-27)39(43)61)45-49(51)29-11-15-31(16-12-29)53(55)56)19-21-35(37)36-22-20-34(24-38(36)60-2)52-48-42(28-9-5-26(6-10-28)40(44)62)46-50(52)30-13-17-32(18-14-30)54(57)58;;/h3-24H,1-2H3,(H2-2,43,44,61,62);2*1H. The molecule has 0 aliphatic heterocycles. The molecule has 0 saturated heterocycles. The van der Waals surface area contributed by atoms with Crippen molar-refractivity contribution in [1.82, 2.24) is 30.0 Å². The lowest BCUT2D eigenvalue weighted by Gasteiger charge is -2.14. The third-order valence-electron chi connectivity index (χ3n) is 9.68. The first-order chi connectivity index (χ1) is 29.9. The number of halogens is 2. The van der Waals surface area contributed by atoms with Gasteiger partial charge in [0.25, 0.3) is 11.4 Å². The fraction of sp³-hybridized carbons (Fsp3) is 0.0476. The molecule has 0 atom stereocenters. The molecule has 8 rings (SSSR count). The Labute approximate surface area is 386 Å². The molecule has 2 aromatic heterocycles. The monoisotopic (exact) mass is 934 g/mol. The molecule has 322 valence electrons. The van der Waals surface area contributed by atoms with Gasteiger partial charge < -0.3 is 45.8 Å². The first-order valence-corrected chi connectivity index (χ1v) is 19.2. The van der Waals surface area contributed by atoms with Crippen LogP contribution in [0.1, 0.15) is 11.1 Å². The highest BCUT2D eigenvalue weighted by molar-refractivity contribution is 7.80. The molecule has 6 aromatic carbocycles. The lowest BCUT2D eigenvalue weighted by Crippen LogP contribution is -3.00. The number of ether oxygens (including phenoxy) is 2. The van der Waals surface area contributed by atoms with Crippen LogP contribution in [-0.4, -0.2) is 64.0 Å². The minimum Gasteiger partial charge on any atom is -1.00 e. The highest BCUT2D eigenvalue weighted by Crippen LogP contribution is 2.38. The highest BCUT2D eigenvalue weighted by atomic mass is 35.5. The van der Waals surface area contributed by atoms with Crippen LogP contribution in [0.4, 0.5) is 11.4 Å². The molecule has 0 saturated carbocycles. The summed E-state index contributed by atoms with van der Waals surface area (Å²) < 4.78 is 11.9. The summed E-state index contributed by atoms with van der Waals surface area (Å²) in [5.41, 5.74) is 17.7. The minimum atomic E-state index is -0.474. The molecule has 0 aliphatic carbocycles. The van der Waals surface area contributed by atoms with E-state index in [-0.39, 0.29) is 46.2 Å². The number of nitrogens with two attached hydrogens (primary N) is 2. The van der Waals surface area contributed by atoms with E-state index < -0.39 is 9.85 Å². The maximum absolute atomic E-state index is 11.4. The van der Waals surface area contributed by atoms with E-state index in [1.54, 1.807) is 109 Å². The molecular weight excluding hydrogens is 904 g/mol. The molecule has 0 amide bonds. The quantitative estimate of drug-likeness (QED) is 0.0645. The first-order valence-electron chi connectivity index (χ1n) is 18.4. The maximum atomic E-state index is 11.4. The number of hydrogen-bond donors (Lipinski definition) is 2. The second-order valence-corrected chi connectivity index (χ2v) is 14.3. The van der Waals surface area contributed by atoms with Gasteiger partial charge in [0.15, 0.2) is 11.4 Å². The summed E-state index contributed by atoms with van der Waals surface area (Å²) in [4.78, 5) is 28.6. The van der Waals surface area contributed by atoms with Gasteiger partial charge in [0.2, 0.25) is 0 Å². The molecule has 2 heterocycles. The Kier molecular flexibility index (Phi) is 13.6. The topological polar surface area (TPSA) is 226 Å². The average Bonchev–Trinajstić information content (AvgIpc) is 3.95. The Balaban J connectivity index is 0.00000340. The van der Waals surface area contributed by atoms with E-state index in [1.807, 2.05) is 24.3 Å². The molecule has 0 aliphatic rings. The molecule has 8 aromatic rings. The van der Waals surface area contributed by atoms with Gasteiger partial charge in [-0.2, -0.15) is 0 Å². The summed E-state index contributed by atoms with van der Waals surface area (Å²) in [5.74, 6) is 1.64. The molecule has 22 heteroatoms. The third kappa shape index (κ3) is 9.06. The molecule has 0 spiro atoms. The van der Waals surface area contributed by atoms with Crippen molar-refractivity contribution in [2.24, 2.45) is 11.5 Å². The predicted octanol–water partition coefficient (Wildman–Crippen LogP) is -0.488. The van der Waals surface area contributed by atoms with Gasteiger partial charge in [-0.25, -0.2) is 0 Å². The number of thiocarbonyl (C=S) groups is 2. The van der Waals surface area contributed by atoms with E-state index in [0.717, 1.165) is 0 Å². The number of rotatable bonds is 13. The van der Waals surface area contributed by atoms with Crippen LogP contribution in [0.15, 0.2) is 133 Å². The molecule has 0 fully saturated rings. The summed E-state index contributed by atoms with van der Waals surface area (Å²) >= 11 is 10.2. The molecule has 4 N–H and O–H groups in total. The van der Waals surface area contributed by atoms with Gasteiger partial charge in [-0.3, -0.25) is 20.2 Å². The van der Waals surface area contributed by atoms with Gasteiger partial charge in [-0.15, -0.1) is 0 Å². The Hall–Kier alpha value is -7.78. The van der Waals surface area contributed by atoms with Crippen LogP contribution in [0, 0.1) is 20.2 Å². The van der Waals surface area contributed by atoms with Gasteiger partial charge >= 0.3 is 11.6 Å². The van der Waals surface area contributed by atoms with Crippen molar-refractivity contribution in [3.63, 3.8) is 0 Å². The zero-order valence-electron chi connectivity index (χ0n) is 33.4. The van der Waals surface area contributed by atoms with Crippen LogP contribution < -0.4 is 55.3 Å². The fourth-order valence-electron chi connectivity index (χ4n) is 6.50. The van der Waals surface area contributed by atoms with E-state index in [2.05, 4.69) is 0 Å². The number of benzene rings is 6. The van der Waals surface area contributed by atoms with Crippen molar-refractivity contribution in [1.29, 1.82) is 0 Å². The highest BCUT2D eigenvalue weighted by Gasteiger charge is 2.28. The Morgan fingerprint density at radius 1 is 0.562 bits per heavy atom. The largest absolute Gasteiger partial charge is 1.00 e.